The summed E-state index contributed by atoms with van der Waals surface area (Å²) in [6, 6.07) is 0. The molecule has 0 rings (SSSR count). The van der Waals surface area contributed by atoms with Crippen molar-refractivity contribution in [3.8, 4) is 0 Å². The summed E-state index contributed by atoms with van der Waals surface area (Å²) in [4.78, 5) is 11.3. The predicted molar refractivity (Wildman–Crippen MR) is 69.4 cm³/mol. The molecule has 3 nitrogen and oxygen atoms in total. The Morgan fingerprint density at radius 2 is 1.94 bits per heavy atom. The Balaban J connectivity index is 4.05. The highest BCUT2D eigenvalue weighted by Gasteiger charge is 2.27. The zero-order valence-corrected chi connectivity index (χ0v) is 11.0. The second-order valence-corrected chi connectivity index (χ2v) is 4.38. The SMILES string of the molecule is C=CC(O)(CCCCCCC)OC(=O)C(=C)C. The minimum absolute atomic E-state index is 0.274. The van der Waals surface area contributed by atoms with Gasteiger partial charge < -0.3 is 9.84 Å². The standard InChI is InChI=1S/C14H24O3/c1-5-7-8-9-10-11-14(16,6-2)17-13(15)12(3)4/h6,16H,2-3,5,7-11H2,1,4H3. The van der Waals surface area contributed by atoms with E-state index < -0.39 is 11.8 Å². The van der Waals surface area contributed by atoms with Crippen molar-refractivity contribution in [2.45, 2.75) is 58.2 Å². The van der Waals surface area contributed by atoms with Gasteiger partial charge in [0, 0.05) is 12.0 Å². The van der Waals surface area contributed by atoms with Crippen LogP contribution in [0.4, 0.5) is 0 Å². The number of rotatable bonds is 9. The predicted octanol–water partition coefficient (Wildman–Crippen LogP) is 3.34. The molecular formula is C14H24O3. The normalized spacial score (nSPS) is 13.8. The molecule has 0 bridgehead atoms. The first-order valence-corrected chi connectivity index (χ1v) is 6.20. The number of esters is 1. The summed E-state index contributed by atoms with van der Waals surface area (Å²) in [5.74, 6) is -2.14. The average molecular weight is 240 g/mol. The lowest BCUT2D eigenvalue weighted by molar-refractivity contribution is -0.188. The summed E-state index contributed by atoms with van der Waals surface area (Å²) in [7, 11) is 0. The maximum atomic E-state index is 11.3. The Morgan fingerprint density at radius 3 is 2.41 bits per heavy atom. The average Bonchev–Trinajstić information content (AvgIpc) is 2.28. The molecule has 0 amide bonds. The highest BCUT2D eigenvalue weighted by atomic mass is 16.7. The van der Waals surface area contributed by atoms with E-state index in [1.807, 2.05) is 0 Å². The zero-order chi connectivity index (χ0) is 13.3. The van der Waals surface area contributed by atoms with Crippen LogP contribution in [0.5, 0.6) is 0 Å². The largest absolute Gasteiger partial charge is 0.426 e. The molecule has 3 heteroatoms. The minimum atomic E-state index is -1.55. The van der Waals surface area contributed by atoms with E-state index in [1.165, 1.54) is 18.9 Å². The quantitative estimate of drug-likeness (QED) is 0.221. The minimum Gasteiger partial charge on any atom is -0.426 e. The Morgan fingerprint density at radius 1 is 1.35 bits per heavy atom. The van der Waals surface area contributed by atoms with Crippen molar-refractivity contribution in [1.82, 2.24) is 0 Å². The maximum absolute atomic E-state index is 11.3. The number of unbranched alkanes of at least 4 members (excludes halogenated alkanes) is 4. The van der Waals surface area contributed by atoms with Gasteiger partial charge in [-0.25, -0.2) is 4.79 Å². The van der Waals surface area contributed by atoms with Crippen molar-refractivity contribution in [3.05, 3.63) is 24.8 Å². The molecule has 0 spiro atoms. The molecule has 0 radical (unpaired) electrons. The zero-order valence-electron chi connectivity index (χ0n) is 11.0. The van der Waals surface area contributed by atoms with Crippen molar-refractivity contribution < 1.29 is 14.6 Å². The van der Waals surface area contributed by atoms with E-state index in [4.69, 9.17) is 4.74 Å². The summed E-state index contributed by atoms with van der Waals surface area (Å²) in [6.45, 7) is 10.7. The van der Waals surface area contributed by atoms with Crippen LogP contribution in [0.15, 0.2) is 24.8 Å². The van der Waals surface area contributed by atoms with Crippen molar-refractivity contribution in [3.63, 3.8) is 0 Å². The van der Waals surface area contributed by atoms with Gasteiger partial charge in [0.05, 0.1) is 0 Å². The summed E-state index contributed by atoms with van der Waals surface area (Å²) >= 11 is 0. The molecule has 0 saturated carbocycles. The molecule has 0 aliphatic rings. The van der Waals surface area contributed by atoms with Gasteiger partial charge >= 0.3 is 5.97 Å². The van der Waals surface area contributed by atoms with E-state index in [-0.39, 0.29) is 5.57 Å². The fraction of sp³-hybridized carbons (Fsp3) is 0.643. The summed E-state index contributed by atoms with van der Waals surface area (Å²) in [5.41, 5.74) is 0.274. The molecule has 0 aromatic heterocycles. The van der Waals surface area contributed by atoms with E-state index in [0.29, 0.717) is 6.42 Å². The maximum Gasteiger partial charge on any atom is 0.335 e. The van der Waals surface area contributed by atoms with E-state index >= 15 is 0 Å². The Kier molecular flexibility index (Phi) is 7.55. The molecule has 1 atom stereocenters. The molecule has 0 aromatic rings. The molecule has 0 saturated heterocycles. The fourth-order valence-electron chi connectivity index (χ4n) is 1.42. The van der Waals surface area contributed by atoms with Gasteiger partial charge in [0.1, 0.15) is 0 Å². The van der Waals surface area contributed by atoms with Crippen molar-refractivity contribution >= 4 is 5.97 Å². The van der Waals surface area contributed by atoms with Crippen LogP contribution in [-0.2, 0) is 9.53 Å². The van der Waals surface area contributed by atoms with Gasteiger partial charge in [0.15, 0.2) is 0 Å². The van der Waals surface area contributed by atoms with Gasteiger partial charge in [-0.2, -0.15) is 0 Å². The third kappa shape index (κ3) is 6.95. The second-order valence-electron chi connectivity index (χ2n) is 4.38. The van der Waals surface area contributed by atoms with E-state index in [2.05, 4.69) is 20.1 Å². The Labute approximate surface area is 104 Å². The van der Waals surface area contributed by atoms with E-state index in [1.54, 1.807) is 6.92 Å². The smallest absolute Gasteiger partial charge is 0.335 e. The molecule has 1 unspecified atom stereocenters. The monoisotopic (exact) mass is 240 g/mol. The fourth-order valence-corrected chi connectivity index (χ4v) is 1.42. The molecule has 0 aromatic carbocycles. The van der Waals surface area contributed by atoms with Crippen molar-refractivity contribution in [1.29, 1.82) is 0 Å². The molecule has 98 valence electrons. The van der Waals surface area contributed by atoms with Crippen LogP contribution in [0, 0.1) is 0 Å². The number of aliphatic hydroxyl groups is 1. The number of ether oxygens (including phenoxy) is 1. The molecule has 0 heterocycles. The third-order valence-corrected chi connectivity index (χ3v) is 2.58. The Hall–Kier alpha value is -1.09. The van der Waals surface area contributed by atoms with Crippen molar-refractivity contribution in [2.75, 3.05) is 0 Å². The first kappa shape index (κ1) is 15.9. The van der Waals surface area contributed by atoms with Crippen LogP contribution in [-0.4, -0.2) is 16.9 Å². The van der Waals surface area contributed by atoms with Crippen LogP contribution in [0.25, 0.3) is 0 Å². The number of hydrogen-bond acceptors (Lipinski definition) is 3. The van der Waals surface area contributed by atoms with Gasteiger partial charge in [0.25, 0.3) is 0 Å². The van der Waals surface area contributed by atoms with Gasteiger partial charge in [-0.05, 0) is 19.4 Å². The van der Waals surface area contributed by atoms with Crippen LogP contribution in [0.1, 0.15) is 52.4 Å². The summed E-state index contributed by atoms with van der Waals surface area (Å²) in [6.07, 6.45) is 7.00. The van der Waals surface area contributed by atoms with Crippen molar-refractivity contribution in [2.24, 2.45) is 0 Å². The summed E-state index contributed by atoms with van der Waals surface area (Å²) < 4.78 is 4.95. The first-order valence-electron chi connectivity index (χ1n) is 6.20. The van der Waals surface area contributed by atoms with Crippen LogP contribution in [0.2, 0.25) is 0 Å². The highest BCUT2D eigenvalue weighted by molar-refractivity contribution is 5.87. The lowest BCUT2D eigenvalue weighted by atomic mass is 10.1. The van der Waals surface area contributed by atoms with Crippen LogP contribution in [0.3, 0.4) is 0 Å². The van der Waals surface area contributed by atoms with Gasteiger partial charge in [0.2, 0.25) is 5.79 Å². The van der Waals surface area contributed by atoms with Crippen LogP contribution >= 0.6 is 0 Å². The second kappa shape index (κ2) is 8.07. The number of hydrogen-bond donors (Lipinski definition) is 1. The molecule has 17 heavy (non-hydrogen) atoms. The summed E-state index contributed by atoms with van der Waals surface area (Å²) in [5, 5.41) is 9.99. The number of carbonyl (C=O) groups excluding carboxylic acids is 1. The molecule has 0 aliphatic heterocycles. The highest BCUT2D eigenvalue weighted by Crippen LogP contribution is 2.20. The Bertz CT molecular complexity index is 271. The van der Waals surface area contributed by atoms with Gasteiger partial charge in [-0.15, -0.1) is 0 Å². The van der Waals surface area contributed by atoms with Crippen LogP contribution < -0.4 is 0 Å². The van der Waals surface area contributed by atoms with Gasteiger partial charge in [-0.1, -0.05) is 45.8 Å². The van der Waals surface area contributed by atoms with E-state index in [9.17, 15) is 9.90 Å². The first-order chi connectivity index (χ1) is 7.95. The lowest BCUT2D eigenvalue weighted by Gasteiger charge is -2.24. The number of carbonyl (C=O) groups is 1. The lowest BCUT2D eigenvalue weighted by Crippen LogP contribution is -2.32. The van der Waals surface area contributed by atoms with E-state index in [0.717, 1.165) is 19.3 Å². The third-order valence-electron chi connectivity index (χ3n) is 2.58. The molecule has 1 N–H and O–H groups in total. The topological polar surface area (TPSA) is 46.5 Å². The molecule has 0 aliphatic carbocycles. The molecular weight excluding hydrogens is 216 g/mol. The molecule has 0 fully saturated rings. The van der Waals surface area contributed by atoms with Gasteiger partial charge in [-0.3, -0.25) is 0 Å².